The van der Waals surface area contributed by atoms with Gasteiger partial charge >= 0.3 is 5.69 Å². The minimum Gasteiger partial charge on any atom is -0.310 e. The highest BCUT2D eigenvalue weighted by atomic mass is 32.2. The van der Waals surface area contributed by atoms with Crippen LogP contribution in [-0.2, 0) is 19.9 Å². The van der Waals surface area contributed by atoms with Crippen LogP contribution in [0, 0.1) is 10.1 Å². The van der Waals surface area contributed by atoms with Crippen LogP contribution in [0.5, 0.6) is 0 Å². The molecule has 21 heavy (non-hydrogen) atoms. The van der Waals surface area contributed by atoms with E-state index in [1.54, 1.807) is 0 Å². The number of nitrogen functional groups attached to an aromatic ring is 1. The van der Waals surface area contributed by atoms with E-state index in [0.29, 0.717) is 11.3 Å². The molecule has 1 aliphatic rings. The van der Waals surface area contributed by atoms with Crippen molar-refractivity contribution >= 4 is 41.9 Å². The molecule has 2 rings (SSSR count). The Morgan fingerprint density at radius 2 is 2.14 bits per heavy atom. The number of hydrazine groups is 1. The Balaban J connectivity index is 2.26. The van der Waals surface area contributed by atoms with Gasteiger partial charge in [-0.05, 0) is 6.42 Å². The summed E-state index contributed by atoms with van der Waals surface area (Å²) < 4.78 is 48.8. The van der Waals surface area contributed by atoms with Gasteiger partial charge in [-0.3, -0.25) is 10.1 Å². The van der Waals surface area contributed by atoms with Crippen LogP contribution in [0.15, 0.2) is 10.3 Å². The van der Waals surface area contributed by atoms with Crippen molar-refractivity contribution in [3.63, 3.8) is 0 Å². The fourth-order valence-electron chi connectivity index (χ4n) is 1.90. The van der Waals surface area contributed by atoms with Gasteiger partial charge in [0.1, 0.15) is 4.21 Å². The normalized spacial score (nSPS) is 21.3. The predicted octanol–water partition coefficient (Wildman–Crippen LogP) is -0.593. The molecule has 4 N–H and O–H groups in total. The average Bonchev–Trinajstić information content (AvgIpc) is 2.92. The number of hydrogen-bond acceptors (Lipinski definition) is 9. The average molecular weight is 356 g/mol. The highest BCUT2D eigenvalue weighted by Gasteiger charge is 2.33. The lowest BCUT2D eigenvalue weighted by Gasteiger charge is -2.09. The van der Waals surface area contributed by atoms with E-state index in [1.165, 1.54) is 0 Å². The molecule has 0 aromatic carbocycles. The molecule has 1 fully saturated rings. The second-order valence-corrected chi connectivity index (χ2v) is 9.62. The van der Waals surface area contributed by atoms with Gasteiger partial charge in [-0.2, -0.15) is 0 Å². The van der Waals surface area contributed by atoms with Gasteiger partial charge in [-0.1, -0.05) is 11.3 Å². The summed E-state index contributed by atoms with van der Waals surface area (Å²) in [5.41, 5.74) is 1.61. The van der Waals surface area contributed by atoms with E-state index in [9.17, 15) is 26.9 Å². The summed E-state index contributed by atoms with van der Waals surface area (Å²) in [6.07, 6.45) is 0.178. The lowest BCUT2D eigenvalue weighted by atomic mass is 10.3. The lowest BCUT2D eigenvalue weighted by Crippen LogP contribution is -2.35. The third-order valence-corrected chi connectivity index (χ3v) is 7.65. The first kappa shape index (κ1) is 16.1. The van der Waals surface area contributed by atoms with Crippen molar-refractivity contribution in [3.8, 4) is 0 Å². The number of nitrogens with two attached hydrogens (primary N) is 1. The minimum absolute atomic E-state index is 0.0830. The van der Waals surface area contributed by atoms with E-state index in [-0.39, 0.29) is 27.1 Å². The maximum atomic E-state index is 12.1. The highest BCUT2D eigenvalue weighted by molar-refractivity contribution is 7.92. The van der Waals surface area contributed by atoms with Gasteiger partial charge in [0, 0.05) is 12.1 Å². The smallest absolute Gasteiger partial charge is 0.306 e. The number of sulfone groups is 1. The van der Waals surface area contributed by atoms with E-state index >= 15 is 0 Å². The summed E-state index contributed by atoms with van der Waals surface area (Å²) in [6.45, 7) is 0. The second-order valence-electron chi connectivity index (χ2n) is 4.40. The van der Waals surface area contributed by atoms with Gasteiger partial charge in [0.25, 0.3) is 10.0 Å². The van der Waals surface area contributed by atoms with Crippen molar-refractivity contribution in [3.05, 3.63) is 16.2 Å². The first-order valence-corrected chi connectivity index (χ1v) is 9.74. The number of nitrogens with one attached hydrogen (secondary N) is 2. The molecule has 1 atom stereocenters. The van der Waals surface area contributed by atoms with Crippen LogP contribution in [0.3, 0.4) is 0 Å². The largest absolute Gasteiger partial charge is 0.310 e. The van der Waals surface area contributed by atoms with Crippen molar-refractivity contribution < 1.29 is 21.8 Å². The quantitative estimate of drug-likeness (QED) is 0.358. The summed E-state index contributed by atoms with van der Waals surface area (Å²) in [5, 5.41) is 10.7. The molecule has 0 saturated carbocycles. The van der Waals surface area contributed by atoms with Gasteiger partial charge in [-0.15, -0.1) is 0 Å². The zero-order valence-corrected chi connectivity index (χ0v) is 12.9. The molecule has 0 bridgehead atoms. The van der Waals surface area contributed by atoms with Crippen LogP contribution < -0.4 is 16.0 Å². The van der Waals surface area contributed by atoms with Crippen LogP contribution in [0.4, 0.5) is 10.7 Å². The van der Waals surface area contributed by atoms with Crippen molar-refractivity contribution in [1.29, 1.82) is 0 Å². The van der Waals surface area contributed by atoms with Crippen molar-refractivity contribution in [2.75, 3.05) is 16.9 Å². The van der Waals surface area contributed by atoms with E-state index < -0.39 is 36.5 Å². The molecular weight excluding hydrogens is 344 g/mol. The van der Waals surface area contributed by atoms with Crippen LogP contribution in [0.25, 0.3) is 0 Å². The zero-order chi connectivity index (χ0) is 15.8. The SMILES string of the molecule is NNc1sc(S(=O)(=O)NC2CCS(=O)(=O)C2)cc1[N+](=O)[O-]. The zero-order valence-electron chi connectivity index (χ0n) is 10.5. The molecule has 2 heterocycles. The molecule has 1 aromatic heterocycles. The van der Waals surface area contributed by atoms with Crippen LogP contribution in [0.2, 0.25) is 0 Å². The summed E-state index contributed by atoms with van der Waals surface area (Å²) in [6, 6.07) is 0.154. The molecular formula is C8H12N4O6S3. The molecule has 1 aromatic rings. The van der Waals surface area contributed by atoms with Crippen molar-refractivity contribution in [2.24, 2.45) is 5.84 Å². The number of hydrogen-bond donors (Lipinski definition) is 3. The maximum Gasteiger partial charge on any atom is 0.306 e. The van der Waals surface area contributed by atoms with Crippen LogP contribution >= 0.6 is 11.3 Å². The van der Waals surface area contributed by atoms with Gasteiger partial charge < -0.3 is 5.43 Å². The lowest BCUT2D eigenvalue weighted by molar-refractivity contribution is -0.383. The van der Waals surface area contributed by atoms with Gasteiger partial charge in [0.05, 0.1) is 16.4 Å². The Morgan fingerprint density at radius 3 is 2.57 bits per heavy atom. The Morgan fingerprint density at radius 1 is 1.48 bits per heavy atom. The Bertz CT molecular complexity index is 768. The molecule has 1 unspecified atom stereocenters. The Hall–Kier alpha value is -1.28. The fourth-order valence-corrected chi connectivity index (χ4v) is 6.20. The number of sulfonamides is 1. The predicted molar refractivity (Wildman–Crippen MR) is 76.2 cm³/mol. The highest BCUT2D eigenvalue weighted by Crippen LogP contribution is 2.36. The number of thiophene rings is 1. The summed E-state index contributed by atoms with van der Waals surface area (Å²) in [4.78, 5) is 10.0. The third-order valence-electron chi connectivity index (χ3n) is 2.84. The molecule has 0 spiro atoms. The van der Waals surface area contributed by atoms with Crippen LogP contribution in [-0.4, -0.2) is 39.3 Å². The Kier molecular flexibility index (Phi) is 4.21. The number of nitro groups is 1. The molecule has 1 aliphatic heterocycles. The van der Waals surface area contributed by atoms with E-state index in [4.69, 9.17) is 5.84 Å². The Labute approximate surface area is 124 Å². The van der Waals surface area contributed by atoms with Gasteiger partial charge in [-0.25, -0.2) is 27.4 Å². The van der Waals surface area contributed by atoms with E-state index in [1.807, 2.05) is 0 Å². The summed E-state index contributed by atoms with van der Waals surface area (Å²) >= 11 is 0.600. The fraction of sp³-hybridized carbons (Fsp3) is 0.500. The third kappa shape index (κ3) is 3.49. The molecule has 0 amide bonds. The topological polar surface area (TPSA) is 162 Å². The molecule has 1 saturated heterocycles. The summed E-state index contributed by atoms with van der Waals surface area (Å²) in [7, 11) is -7.27. The molecule has 118 valence electrons. The van der Waals surface area contributed by atoms with E-state index in [2.05, 4.69) is 10.1 Å². The summed E-state index contributed by atoms with van der Waals surface area (Å²) in [5.74, 6) is 4.75. The standard InChI is InChI=1S/C8H12N4O6S3/c9-10-8-6(12(13)14)3-7(19-8)21(17,18)11-5-1-2-20(15,16)4-5/h3,5,10-11H,1-2,4,9H2. The molecule has 10 nitrogen and oxygen atoms in total. The van der Waals surface area contributed by atoms with Crippen molar-refractivity contribution in [1.82, 2.24) is 4.72 Å². The molecule has 13 heteroatoms. The maximum absolute atomic E-state index is 12.1. The first-order valence-electron chi connectivity index (χ1n) is 5.62. The van der Waals surface area contributed by atoms with Gasteiger partial charge in [0.2, 0.25) is 0 Å². The number of rotatable bonds is 5. The first-order chi connectivity index (χ1) is 9.64. The van der Waals surface area contributed by atoms with Crippen LogP contribution in [0.1, 0.15) is 6.42 Å². The minimum atomic E-state index is -4.04. The molecule has 0 radical (unpaired) electrons. The number of anilines is 1. The number of nitrogens with zero attached hydrogens (tertiary/aromatic N) is 1. The molecule has 0 aliphatic carbocycles. The monoisotopic (exact) mass is 356 g/mol. The second kappa shape index (κ2) is 5.49. The van der Waals surface area contributed by atoms with Gasteiger partial charge in [0.15, 0.2) is 14.8 Å². The van der Waals surface area contributed by atoms with Crippen molar-refractivity contribution in [2.45, 2.75) is 16.7 Å². The van der Waals surface area contributed by atoms with E-state index in [0.717, 1.165) is 6.07 Å².